The number of fused-ring (bicyclic) bond motifs is 1. The molecule has 0 bridgehead atoms. The molecule has 3 rings (SSSR count). The summed E-state index contributed by atoms with van der Waals surface area (Å²) in [6.07, 6.45) is 8.56. The highest BCUT2D eigenvalue weighted by Crippen LogP contribution is 2.23. The lowest BCUT2D eigenvalue weighted by Gasteiger charge is -2.29. The first-order valence-corrected chi connectivity index (χ1v) is 7.01. The van der Waals surface area contributed by atoms with Gasteiger partial charge in [-0.3, -0.25) is 0 Å². The average molecular weight is 259 g/mol. The van der Waals surface area contributed by atoms with Crippen molar-refractivity contribution in [2.75, 3.05) is 12.4 Å². The molecule has 0 unspecified atom stereocenters. The highest BCUT2D eigenvalue weighted by atomic mass is 15.2. The zero-order chi connectivity index (χ0) is 13.2. The predicted molar refractivity (Wildman–Crippen MR) is 76.5 cm³/mol. The fraction of sp³-hybridized carbons (Fsp3) is 0.571. The Bertz CT molecular complexity index is 554. The summed E-state index contributed by atoms with van der Waals surface area (Å²) >= 11 is 0. The number of anilines is 1. The van der Waals surface area contributed by atoms with E-state index in [-0.39, 0.29) is 0 Å². The zero-order valence-corrected chi connectivity index (χ0v) is 11.6. The number of nitrogens with zero attached hydrogens (tertiary/aromatic N) is 3. The van der Waals surface area contributed by atoms with Crippen molar-refractivity contribution in [2.24, 2.45) is 0 Å². The zero-order valence-electron chi connectivity index (χ0n) is 11.6. The molecule has 0 saturated heterocycles. The highest BCUT2D eigenvalue weighted by Gasteiger charge is 2.20. The van der Waals surface area contributed by atoms with Gasteiger partial charge in [0.05, 0.1) is 5.69 Å². The minimum Gasteiger partial charge on any atom is -0.366 e. The summed E-state index contributed by atoms with van der Waals surface area (Å²) in [5.41, 5.74) is 2.09. The molecule has 1 fully saturated rings. The van der Waals surface area contributed by atoms with Gasteiger partial charge in [-0.2, -0.15) is 5.10 Å². The molecule has 0 atom stereocenters. The number of aryl methyl sites for hydroxylation is 1. The second-order valence-corrected chi connectivity index (χ2v) is 5.37. The summed E-state index contributed by atoms with van der Waals surface area (Å²) in [7, 11) is 2.05. The third-order valence-corrected chi connectivity index (χ3v) is 3.99. The molecule has 0 spiro atoms. The van der Waals surface area contributed by atoms with E-state index in [0.29, 0.717) is 12.1 Å². The first-order chi connectivity index (χ1) is 9.26. The Balaban J connectivity index is 1.75. The molecule has 2 aromatic heterocycles. The van der Waals surface area contributed by atoms with Crippen LogP contribution in [0.3, 0.4) is 0 Å². The van der Waals surface area contributed by atoms with Crippen molar-refractivity contribution in [1.29, 1.82) is 0 Å². The largest absolute Gasteiger partial charge is 0.366 e. The molecule has 5 heteroatoms. The Hall–Kier alpha value is -1.62. The van der Waals surface area contributed by atoms with Crippen molar-refractivity contribution in [3.8, 4) is 0 Å². The maximum Gasteiger partial charge on any atom is 0.152 e. The summed E-state index contributed by atoms with van der Waals surface area (Å²) < 4.78 is 1.89. The second-order valence-electron chi connectivity index (χ2n) is 5.37. The number of hydrogen-bond donors (Lipinski definition) is 2. The smallest absolute Gasteiger partial charge is 0.152 e. The fourth-order valence-electron chi connectivity index (χ4n) is 2.88. The van der Waals surface area contributed by atoms with Gasteiger partial charge in [-0.25, -0.2) is 9.50 Å². The molecule has 0 amide bonds. The SMILES string of the molecule is CNC1CCC(Nc2nccn3nc(C)cc23)CC1. The van der Waals surface area contributed by atoms with Gasteiger partial charge in [-0.1, -0.05) is 0 Å². The van der Waals surface area contributed by atoms with E-state index in [1.165, 1.54) is 25.7 Å². The van der Waals surface area contributed by atoms with E-state index in [0.717, 1.165) is 17.0 Å². The average Bonchev–Trinajstić information content (AvgIpc) is 2.81. The van der Waals surface area contributed by atoms with E-state index in [2.05, 4.69) is 33.8 Å². The second kappa shape index (κ2) is 5.17. The molecular formula is C14H21N5. The van der Waals surface area contributed by atoms with Crippen molar-refractivity contribution in [2.45, 2.75) is 44.7 Å². The van der Waals surface area contributed by atoms with Crippen LogP contribution >= 0.6 is 0 Å². The third-order valence-electron chi connectivity index (χ3n) is 3.99. The Morgan fingerprint density at radius 2 is 1.95 bits per heavy atom. The van der Waals surface area contributed by atoms with Crippen molar-refractivity contribution in [3.05, 3.63) is 24.2 Å². The summed E-state index contributed by atoms with van der Waals surface area (Å²) in [5, 5.41) is 11.4. The van der Waals surface area contributed by atoms with Crippen molar-refractivity contribution in [3.63, 3.8) is 0 Å². The maximum atomic E-state index is 4.47. The van der Waals surface area contributed by atoms with E-state index >= 15 is 0 Å². The van der Waals surface area contributed by atoms with Crippen LogP contribution in [-0.2, 0) is 0 Å². The van der Waals surface area contributed by atoms with Gasteiger partial charge in [0.1, 0.15) is 5.52 Å². The standard InChI is InChI=1S/C14H21N5/c1-10-9-13-14(16-7-8-19(13)18-10)17-12-5-3-11(15-2)4-6-12/h7-9,11-12,15H,3-6H2,1-2H3,(H,16,17). The van der Waals surface area contributed by atoms with Crippen LogP contribution in [0.4, 0.5) is 5.82 Å². The molecule has 0 aromatic carbocycles. The number of hydrogen-bond acceptors (Lipinski definition) is 4. The van der Waals surface area contributed by atoms with Gasteiger partial charge in [0.25, 0.3) is 0 Å². The van der Waals surface area contributed by atoms with Crippen LogP contribution in [0.1, 0.15) is 31.4 Å². The topological polar surface area (TPSA) is 54.2 Å². The Labute approximate surface area is 113 Å². The van der Waals surface area contributed by atoms with Crippen LogP contribution in [0.5, 0.6) is 0 Å². The van der Waals surface area contributed by atoms with E-state index in [1.54, 1.807) is 6.20 Å². The van der Waals surface area contributed by atoms with Gasteiger partial charge in [0.2, 0.25) is 0 Å². The van der Waals surface area contributed by atoms with Crippen LogP contribution in [0.15, 0.2) is 18.5 Å². The Morgan fingerprint density at radius 1 is 1.21 bits per heavy atom. The van der Waals surface area contributed by atoms with Crippen molar-refractivity contribution in [1.82, 2.24) is 19.9 Å². The lowest BCUT2D eigenvalue weighted by Crippen LogP contribution is -2.35. The third kappa shape index (κ3) is 2.56. The molecular weight excluding hydrogens is 238 g/mol. The summed E-state index contributed by atoms with van der Waals surface area (Å²) in [5.74, 6) is 0.955. The van der Waals surface area contributed by atoms with Crippen LogP contribution in [0.25, 0.3) is 5.52 Å². The molecule has 1 aliphatic rings. The minimum atomic E-state index is 0.526. The molecule has 2 heterocycles. The molecule has 0 aliphatic heterocycles. The summed E-state index contributed by atoms with van der Waals surface area (Å²) in [6.45, 7) is 2.01. The van der Waals surface area contributed by atoms with Gasteiger partial charge in [0.15, 0.2) is 5.82 Å². The molecule has 19 heavy (non-hydrogen) atoms. The summed E-state index contributed by atoms with van der Waals surface area (Å²) in [6, 6.07) is 3.28. The summed E-state index contributed by atoms with van der Waals surface area (Å²) in [4.78, 5) is 4.47. The monoisotopic (exact) mass is 259 g/mol. The number of nitrogens with one attached hydrogen (secondary N) is 2. The molecule has 1 aliphatic carbocycles. The van der Waals surface area contributed by atoms with Crippen LogP contribution < -0.4 is 10.6 Å². The fourth-order valence-corrected chi connectivity index (χ4v) is 2.88. The van der Waals surface area contributed by atoms with Gasteiger partial charge in [-0.15, -0.1) is 0 Å². The first-order valence-electron chi connectivity index (χ1n) is 7.01. The van der Waals surface area contributed by atoms with E-state index < -0.39 is 0 Å². The van der Waals surface area contributed by atoms with Crippen molar-refractivity contribution < 1.29 is 0 Å². The molecule has 2 aromatic rings. The first kappa shape index (κ1) is 12.4. The normalized spacial score (nSPS) is 23.7. The Morgan fingerprint density at radius 3 is 2.68 bits per heavy atom. The van der Waals surface area contributed by atoms with Gasteiger partial charge >= 0.3 is 0 Å². The highest BCUT2D eigenvalue weighted by molar-refractivity contribution is 5.68. The lowest BCUT2D eigenvalue weighted by atomic mass is 9.91. The maximum absolute atomic E-state index is 4.47. The van der Waals surface area contributed by atoms with Gasteiger partial charge in [-0.05, 0) is 45.7 Å². The molecule has 0 radical (unpaired) electrons. The van der Waals surface area contributed by atoms with Gasteiger partial charge < -0.3 is 10.6 Å². The number of aromatic nitrogens is 3. The van der Waals surface area contributed by atoms with Crippen LogP contribution in [-0.4, -0.2) is 33.7 Å². The van der Waals surface area contributed by atoms with E-state index in [4.69, 9.17) is 0 Å². The van der Waals surface area contributed by atoms with E-state index in [1.807, 2.05) is 17.6 Å². The predicted octanol–water partition coefficient (Wildman–Crippen LogP) is 1.98. The van der Waals surface area contributed by atoms with Crippen LogP contribution in [0.2, 0.25) is 0 Å². The molecule has 2 N–H and O–H groups in total. The molecule has 102 valence electrons. The van der Waals surface area contributed by atoms with Gasteiger partial charge in [0, 0.05) is 24.5 Å². The molecule has 1 saturated carbocycles. The molecule has 5 nitrogen and oxygen atoms in total. The van der Waals surface area contributed by atoms with E-state index in [9.17, 15) is 0 Å². The van der Waals surface area contributed by atoms with Crippen molar-refractivity contribution >= 4 is 11.3 Å². The quantitative estimate of drug-likeness (QED) is 0.885. The minimum absolute atomic E-state index is 0.526. The lowest BCUT2D eigenvalue weighted by molar-refractivity contribution is 0.371. The van der Waals surface area contributed by atoms with Crippen LogP contribution in [0, 0.1) is 6.92 Å². The Kier molecular flexibility index (Phi) is 3.38. The number of rotatable bonds is 3.